The minimum atomic E-state index is -0.273. The van der Waals surface area contributed by atoms with Gasteiger partial charge in [0.15, 0.2) is 0 Å². The first-order chi connectivity index (χ1) is 6.25. The molecule has 0 unspecified atom stereocenters. The summed E-state index contributed by atoms with van der Waals surface area (Å²) < 4.78 is 0. The Morgan fingerprint density at radius 3 is 2.15 bits per heavy atom. The van der Waals surface area contributed by atoms with Crippen LogP contribution in [0.4, 0.5) is 4.79 Å². The van der Waals surface area contributed by atoms with Gasteiger partial charge >= 0.3 is 6.03 Å². The maximum absolute atomic E-state index is 10.8. The van der Waals surface area contributed by atoms with E-state index in [1.54, 1.807) is 4.90 Å². The maximum atomic E-state index is 10.8. The van der Waals surface area contributed by atoms with Crippen LogP contribution in [0.15, 0.2) is 0 Å². The summed E-state index contributed by atoms with van der Waals surface area (Å²) in [6, 6.07) is 1.11. The third-order valence-corrected chi connectivity index (χ3v) is 2.86. The third kappa shape index (κ3) is 2.34. The number of nitrogens with zero attached hydrogens (tertiary/aromatic N) is 1. The van der Waals surface area contributed by atoms with E-state index in [2.05, 4.69) is 5.32 Å². The highest BCUT2D eigenvalue weighted by atomic mass is 16.2. The molecule has 0 bridgehead atoms. The van der Waals surface area contributed by atoms with Crippen molar-refractivity contribution in [2.45, 2.75) is 37.8 Å². The second-order valence-electron chi connectivity index (χ2n) is 4.04. The molecule has 2 amide bonds. The number of nitrogens with two attached hydrogens (primary N) is 1. The second-order valence-corrected chi connectivity index (χ2v) is 4.04. The van der Waals surface area contributed by atoms with E-state index < -0.39 is 0 Å². The minimum absolute atomic E-state index is 0.273. The van der Waals surface area contributed by atoms with Crippen LogP contribution in [0.5, 0.6) is 0 Å². The number of piperidine rings is 1. The van der Waals surface area contributed by atoms with Crippen molar-refractivity contribution < 1.29 is 4.79 Å². The number of rotatable bonds is 2. The number of nitrogens with one attached hydrogen (secondary N) is 1. The highest BCUT2D eigenvalue weighted by Gasteiger charge is 2.27. The predicted molar refractivity (Wildman–Crippen MR) is 50.3 cm³/mol. The summed E-state index contributed by atoms with van der Waals surface area (Å²) in [4.78, 5) is 12.6. The average molecular weight is 183 g/mol. The Bertz CT molecular complexity index is 195. The van der Waals surface area contributed by atoms with Gasteiger partial charge in [-0.2, -0.15) is 0 Å². The van der Waals surface area contributed by atoms with Crippen molar-refractivity contribution >= 4 is 6.03 Å². The summed E-state index contributed by atoms with van der Waals surface area (Å²) in [6.07, 6.45) is 4.77. The first kappa shape index (κ1) is 8.81. The molecule has 1 aliphatic carbocycles. The van der Waals surface area contributed by atoms with Crippen LogP contribution in [0.2, 0.25) is 0 Å². The van der Waals surface area contributed by atoms with Crippen molar-refractivity contribution in [2.24, 2.45) is 5.73 Å². The van der Waals surface area contributed by atoms with Gasteiger partial charge in [-0.1, -0.05) is 0 Å². The molecule has 0 atom stereocenters. The van der Waals surface area contributed by atoms with Gasteiger partial charge in [0.2, 0.25) is 0 Å². The Labute approximate surface area is 78.5 Å². The third-order valence-electron chi connectivity index (χ3n) is 2.86. The smallest absolute Gasteiger partial charge is 0.314 e. The molecule has 74 valence electrons. The molecule has 1 heterocycles. The Kier molecular flexibility index (Phi) is 2.40. The molecule has 1 saturated carbocycles. The Balaban J connectivity index is 1.71. The number of amides is 2. The molecule has 2 fully saturated rings. The fourth-order valence-electron chi connectivity index (χ4n) is 1.85. The van der Waals surface area contributed by atoms with Crippen LogP contribution >= 0.6 is 0 Å². The molecular formula is C9H17N3O. The molecule has 4 nitrogen and oxygen atoms in total. The van der Waals surface area contributed by atoms with Gasteiger partial charge < -0.3 is 16.0 Å². The number of carbonyl (C=O) groups excluding carboxylic acids is 1. The van der Waals surface area contributed by atoms with Gasteiger partial charge in [-0.3, -0.25) is 0 Å². The number of likely N-dealkylation sites (tertiary alicyclic amines) is 1. The molecule has 4 heteroatoms. The normalized spacial score (nSPS) is 24.8. The SMILES string of the molecule is NC(=O)N1CCC(NC2CC2)CC1. The average Bonchev–Trinajstić information content (AvgIpc) is 2.89. The summed E-state index contributed by atoms with van der Waals surface area (Å²) in [7, 11) is 0. The van der Waals surface area contributed by atoms with E-state index in [4.69, 9.17) is 5.73 Å². The van der Waals surface area contributed by atoms with Crippen LogP contribution < -0.4 is 11.1 Å². The number of hydrogen-bond donors (Lipinski definition) is 2. The quantitative estimate of drug-likeness (QED) is 0.646. The van der Waals surface area contributed by atoms with Gasteiger partial charge in [0.25, 0.3) is 0 Å². The molecule has 1 saturated heterocycles. The van der Waals surface area contributed by atoms with Crippen LogP contribution in [0, 0.1) is 0 Å². The van der Waals surface area contributed by atoms with Crippen molar-refractivity contribution in [3.05, 3.63) is 0 Å². The zero-order valence-corrected chi connectivity index (χ0v) is 7.83. The molecule has 0 aromatic heterocycles. The van der Waals surface area contributed by atoms with Crippen molar-refractivity contribution in [3.8, 4) is 0 Å². The summed E-state index contributed by atoms with van der Waals surface area (Å²) in [5.74, 6) is 0. The van der Waals surface area contributed by atoms with Gasteiger partial charge in [0, 0.05) is 25.2 Å². The van der Waals surface area contributed by atoms with Crippen LogP contribution in [0.3, 0.4) is 0 Å². The molecule has 2 rings (SSSR count). The fraction of sp³-hybridized carbons (Fsp3) is 0.889. The molecule has 0 aromatic rings. The van der Waals surface area contributed by atoms with E-state index in [0.717, 1.165) is 32.0 Å². The number of hydrogen-bond acceptors (Lipinski definition) is 2. The molecule has 0 spiro atoms. The fourth-order valence-corrected chi connectivity index (χ4v) is 1.85. The van der Waals surface area contributed by atoms with Gasteiger partial charge in [-0.05, 0) is 25.7 Å². The summed E-state index contributed by atoms with van der Waals surface area (Å²) in [5, 5.41) is 3.57. The van der Waals surface area contributed by atoms with E-state index in [-0.39, 0.29) is 6.03 Å². The van der Waals surface area contributed by atoms with Gasteiger partial charge in [-0.25, -0.2) is 4.79 Å². The lowest BCUT2D eigenvalue weighted by Gasteiger charge is -2.31. The van der Waals surface area contributed by atoms with Crippen LogP contribution in [0.1, 0.15) is 25.7 Å². The van der Waals surface area contributed by atoms with Crippen molar-refractivity contribution in [2.75, 3.05) is 13.1 Å². The number of urea groups is 1. The first-order valence-electron chi connectivity index (χ1n) is 5.06. The molecule has 3 N–H and O–H groups in total. The Morgan fingerprint density at radius 1 is 1.15 bits per heavy atom. The lowest BCUT2D eigenvalue weighted by atomic mass is 10.1. The van der Waals surface area contributed by atoms with Crippen molar-refractivity contribution in [1.29, 1.82) is 0 Å². The van der Waals surface area contributed by atoms with E-state index in [0.29, 0.717) is 6.04 Å². The number of carbonyl (C=O) groups is 1. The van der Waals surface area contributed by atoms with E-state index in [1.807, 2.05) is 0 Å². The van der Waals surface area contributed by atoms with Gasteiger partial charge in [0.05, 0.1) is 0 Å². The molecule has 1 aliphatic heterocycles. The molecule has 0 radical (unpaired) electrons. The Morgan fingerprint density at radius 2 is 1.69 bits per heavy atom. The molecule has 13 heavy (non-hydrogen) atoms. The van der Waals surface area contributed by atoms with E-state index >= 15 is 0 Å². The lowest BCUT2D eigenvalue weighted by Crippen LogP contribution is -2.47. The number of primary amides is 1. The highest BCUT2D eigenvalue weighted by Crippen LogP contribution is 2.22. The summed E-state index contributed by atoms with van der Waals surface area (Å²) >= 11 is 0. The monoisotopic (exact) mass is 183 g/mol. The van der Waals surface area contributed by atoms with E-state index in [1.165, 1.54) is 12.8 Å². The molecular weight excluding hydrogens is 166 g/mol. The first-order valence-corrected chi connectivity index (χ1v) is 5.06. The summed E-state index contributed by atoms with van der Waals surface area (Å²) in [5.41, 5.74) is 5.19. The van der Waals surface area contributed by atoms with Gasteiger partial charge in [0.1, 0.15) is 0 Å². The largest absolute Gasteiger partial charge is 0.351 e. The van der Waals surface area contributed by atoms with Crippen LogP contribution in [-0.4, -0.2) is 36.1 Å². The maximum Gasteiger partial charge on any atom is 0.314 e. The van der Waals surface area contributed by atoms with Crippen molar-refractivity contribution in [1.82, 2.24) is 10.2 Å². The van der Waals surface area contributed by atoms with E-state index in [9.17, 15) is 4.79 Å². The standard InChI is InChI=1S/C9H17N3O/c10-9(13)12-5-3-8(4-6-12)11-7-1-2-7/h7-8,11H,1-6H2,(H2,10,13). The summed E-state index contributed by atoms with van der Waals surface area (Å²) in [6.45, 7) is 1.64. The second kappa shape index (κ2) is 3.54. The molecule has 2 aliphatic rings. The molecule has 0 aromatic carbocycles. The van der Waals surface area contributed by atoms with Crippen LogP contribution in [0.25, 0.3) is 0 Å². The topological polar surface area (TPSA) is 58.4 Å². The predicted octanol–water partition coefficient (Wildman–Crippen LogP) is 0.281. The van der Waals surface area contributed by atoms with Crippen molar-refractivity contribution in [3.63, 3.8) is 0 Å². The van der Waals surface area contributed by atoms with Gasteiger partial charge in [-0.15, -0.1) is 0 Å². The Hall–Kier alpha value is -0.770. The lowest BCUT2D eigenvalue weighted by molar-refractivity contribution is 0.185. The minimum Gasteiger partial charge on any atom is -0.351 e. The van der Waals surface area contributed by atoms with Crippen LogP contribution in [-0.2, 0) is 0 Å². The zero-order valence-electron chi connectivity index (χ0n) is 7.83. The zero-order chi connectivity index (χ0) is 9.26. The highest BCUT2D eigenvalue weighted by molar-refractivity contribution is 5.72.